The van der Waals surface area contributed by atoms with Gasteiger partial charge >= 0.3 is 0 Å². The first-order valence-electron chi connectivity index (χ1n) is 8.17. The molecule has 0 aromatic heterocycles. The highest BCUT2D eigenvalue weighted by molar-refractivity contribution is 9.10. The van der Waals surface area contributed by atoms with Crippen molar-refractivity contribution in [1.82, 2.24) is 10.6 Å². The second-order valence-corrected chi connectivity index (χ2v) is 8.40. The molecular weight excluding hydrogens is 340 g/mol. The fourth-order valence-electron chi connectivity index (χ4n) is 3.64. The number of carbonyl (C=O) groups excluding carboxylic acids is 1. The van der Waals surface area contributed by atoms with E-state index in [0.717, 1.165) is 36.8 Å². The van der Waals surface area contributed by atoms with Gasteiger partial charge in [0.1, 0.15) is 0 Å². The minimum Gasteiger partial charge on any atom is -0.355 e. The van der Waals surface area contributed by atoms with Gasteiger partial charge in [0, 0.05) is 22.4 Å². The molecule has 1 aromatic rings. The summed E-state index contributed by atoms with van der Waals surface area (Å²) in [6.07, 6.45) is 3.39. The second-order valence-electron chi connectivity index (χ2n) is 7.48. The molecular formula is C18H25BrN2O. The highest BCUT2D eigenvalue weighted by Gasteiger charge is 2.57. The number of benzene rings is 1. The van der Waals surface area contributed by atoms with Gasteiger partial charge in [-0.25, -0.2) is 0 Å². The zero-order chi connectivity index (χ0) is 15.8. The molecule has 0 bridgehead atoms. The van der Waals surface area contributed by atoms with Gasteiger partial charge in [0.25, 0.3) is 0 Å². The Labute approximate surface area is 141 Å². The number of hydrogen-bond acceptors (Lipinski definition) is 2. The first-order valence-corrected chi connectivity index (χ1v) is 8.97. The largest absolute Gasteiger partial charge is 0.355 e. The minimum absolute atomic E-state index is 0.0599. The number of piperidine rings is 1. The van der Waals surface area contributed by atoms with E-state index in [9.17, 15) is 4.79 Å². The summed E-state index contributed by atoms with van der Waals surface area (Å²) < 4.78 is 1.08. The monoisotopic (exact) mass is 364 g/mol. The van der Waals surface area contributed by atoms with Crippen LogP contribution in [0, 0.1) is 11.3 Å². The Morgan fingerprint density at radius 2 is 2.14 bits per heavy atom. The van der Waals surface area contributed by atoms with Gasteiger partial charge < -0.3 is 10.6 Å². The maximum absolute atomic E-state index is 12.5. The van der Waals surface area contributed by atoms with Crippen LogP contribution in [0.5, 0.6) is 0 Å². The van der Waals surface area contributed by atoms with Crippen LogP contribution in [0.4, 0.5) is 0 Å². The van der Waals surface area contributed by atoms with Gasteiger partial charge in [-0.05, 0) is 55.5 Å². The van der Waals surface area contributed by atoms with Crippen molar-refractivity contribution < 1.29 is 4.79 Å². The summed E-state index contributed by atoms with van der Waals surface area (Å²) in [5.41, 5.74) is 1.50. The van der Waals surface area contributed by atoms with Crippen molar-refractivity contribution in [3.05, 3.63) is 34.3 Å². The molecule has 1 aliphatic carbocycles. The molecule has 120 valence electrons. The lowest BCUT2D eigenvalue weighted by molar-refractivity contribution is -0.123. The van der Waals surface area contributed by atoms with E-state index in [2.05, 4.69) is 52.5 Å². The van der Waals surface area contributed by atoms with Gasteiger partial charge in [-0.3, -0.25) is 4.79 Å². The van der Waals surface area contributed by atoms with Crippen molar-refractivity contribution in [3.8, 4) is 0 Å². The van der Waals surface area contributed by atoms with E-state index >= 15 is 0 Å². The fourth-order valence-corrected chi connectivity index (χ4v) is 4.04. The molecule has 3 rings (SSSR count). The van der Waals surface area contributed by atoms with E-state index in [4.69, 9.17) is 0 Å². The van der Waals surface area contributed by atoms with Crippen LogP contribution in [-0.4, -0.2) is 25.5 Å². The second kappa shape index (κ2) is 5.97. The average Bonchev–Trinajstić information content (AvgIpc) is 3.19. The molecule has 2 aliphatic rings. The Hall–Kier alpha value is -0.870. The van der Waals surface area contributed by atoms with E-state index in [-0.39, 0.29) is 17.2 Å². The van der Waals surface area contributed by atoms with Gasteiger partial charge in [-0.2, -0.15) is 0 Å². The van der Waals surface area contributed by atoms with Gasteiger partial charge in [0.05, 0.1) is 0 Å². The lowest BCUT2D eigenvalue weighted by Gasteiger charge is -2.27. The summed E-state index contributed by atoms with van der Waals surface area (Å²) in [7, 11) is 0. The van der Waals surface area contributed by atoms with Crippen molar-refractivity contribution in [1.29, 1.82) is 0 Å². The van der Waals surface area contributed by atoms with Crippen LogP contribution in [0.1, 0.15) is 38.7 Å². The molecule has 1 aromatic carbocycles. The van der Waals surface area contributed by atoms with E-state index in [1.54, 1.807) is 0 Å². The number of nitrogens with one attached hydrogen (secondary N) is 2. The third-order valence-corrected chi connectivity index (χ3v) is 5.91. The predicted molar refractivity (Wildman–Crippen MR) is 92.8 cm³/mol. The third kappa shape index (κ3) is 3.23. The van der Waals surface area contributed by atoms with Crippen molar-refractivity contribution >= 4 is 21.8 Å². The van der Waals surface area contributed by atoms with Crippen LogP contribution in [0.25, 0.3) is 0 Å². The smallest absolute Gasteiger partial charge is 0.223 e. The predicted octanol–water partition coefficient (Wildman–Crippen LogP) is 3.23. The zero-order valence-electron chi connectivity index (χ0n) is 13.4. The Kier molecular flexibility index (Phi) is 4.34. The highest BCUT2D eigenvalue weighted by Crippen LogP contribution is 2.58. The van der Waals surface area contributed by atoms with Crippen LogP contribution in [0.3, 0.4) is 0 Å². The normalized spacial score (nSPS) is 23.3. The van der Waals surface area contributed by atoms with Gasteiger partial charge in [0.2, 0.25) is 5.91 Å². The SMILES string of the molecule is CC(C)(CNC(=O)C1CC12CCNCC2)c1cccc(Br)c1. The van der Waals surface area contributed by atoms with Crippen molar-refractivity contribution in [3.63, 3.8) is 0 Å². The summed E-state index contributed by atoms with van der Waals surface area (Å²) in [4.78, 5) is 12.5. The number of carbonyl (C=O) groups is 1. The molecule has 1 amide bonds. The topological polar surface area (TPSA) is 41.1 Å². The molecule has 1 saturated carbocycles. The number of halogens is 1. The van der Waals surface area contributed by atoms with Crippen LogP contribution in [-0.2, 0) is 10.2 Å². The maximum atomic E-state index is 12.5. The Morgan fingerprint density at radius 1 is 1.41 bits per heavy atom. The summed E-state index contributed by atoms with van der Waals surface area (Å²) in [6, 6.07) is 8.34. The lowest BCUT2D eigenvalue weighted by Crippen LogP contribution is -2.39. The zero-order valence-corrected chi connectivity index (χ0v) is 15.0. The average molecular weight is 365 g/mol. The molecule has 1 saturated heterocycles. The molecule has 1 aliphatic heterocycles. The third-order valence-electron chi connectivity index (χ3n) is 5.42. The van der Waals surface area contributed by atoms with E-state index < -0.39 is 0 Å². The fraction of sp³-hybridized carbons (Fsp3) is 0.611. The number of hydrogen-bond donors (Lipinski definition) is 2. The number of amides is 1. The molecule has 1 unspecified atom stereocenters. The van der Waals surface area contributed by atoms with Gasteiger partial charge in [0.15, 0.2) is 0 Å². The molecule has 3 nitrogen and oxygen atoms in total. The van der Waals surface area contributed by atoms with E-state index in [1.807, 2.05) is 12.1 Å². The quantitative estimate of drug-likeness (QED) is 0.860. The molecule has 4 heteroatoms. The first kappa shape index (κ1) is 16.0. The first-order chi connectivity index (χ1) is 10.4. The highest BCUT2D eigenvalue weighted by atomic mass is 79.9. The Morgan fingerprint density at radius 3 is 2.82 bits per heavy atom. The Balaban J connectivity index is 1.57. The van der Waals surface area contributed by atoms with Crippen LogP contribution >= 0.6 is 15.9 Å². The molecule has 22 heavy (non-hydrogen) atoms. The van der Waals surface area contributed by atoms with Gasteiger partial charge in [-0.15, -0.1) is 0 Å². The maximum Gasteiger partial charge on any atom is 0.223 e. The van der Waals surface area contributed by atoms with E-state index in [0.29, 0.717) is 12.0 Å². The van der Waals surface area contributed by atoms with Gasteiger partial charge in [-0.1, -0.05) is 41.9 Å². The minimum atomic E-state index is -0.0599. The summed E-state index contributed by atoms with van der Waals surface area (Å²) in [5.74, 6) is 0.498. The number of rotatable bonds is 4. The van der Waals surface area contributed by atoms with Crippen molar-refractivity contribution in [2.45, 2.75) is 38.5 Å². The van der Waals surface area contributed by atoms with Crippen molar-refractivity contribution in [2.24, 2.45) is 11.3 Å². The summed E-state index contributed by atoms with van der Waals surface area (Å²) >= 11 is 3.52. The molecule has 1 heterocycles. The molecule has 2 fully saturated rings. The summed E-state index contributed by atoms with van der Waals surface area (Å²) in [6.45, 7) is 7.18. The summed E-state index contributed by atoms with van der Waals surface area (Å²) in [5, 5.41) is 6.59. The van der Waals surface area contributed by atoms with Crippen LogP contribution in [0.2, 0.25) is 0 Å². The molecule has 1 spiro atoms. The Bertz CT molecular complexity index is 564. The van der Waals surface area contributed by atoms with Crippen LogP contribution < -0.4 is 10.6 Å². The van der Waals surface area contributed by atoms with Crippen LogP contribution in [0.15, 0.2) is 28.7 Å². The van der Waals surface area contributed by atoms with Crippen molar-refractivity contribution in [2.75, 3.05) is 19.6 Å². The molecule has 0 radical (unpaired) electrons. The van der Waals surface area contributed by atoms with E-state index in [1.165, 1.54) is 5.56 Å². The lowest BCUT2D eigenvalue weighted by atomic mass is 9.84. The molecule has 1 atom stereocenters. The molecule has 2 N–H and O–H groups in total. The standard InChI is InChI=1S/C18H25BrN2O/c1-17(2,13-4-3-5-14(19)10-13)12-21-16(22)15-11-18(15)6-8-20-9-7-18/h3-5,10,15,20H,6-9,11-12H2,1-2H3,(H,21,22).